The molecular formula is C14H13N2O6S-. The van der Waals surface area contributed by atoms with E-state index in [-0.39, 0.29) is 17.9 Å². The van der Waals surface area contributed by atoms with Crippen molar-refractivity contribution >= 4 is 40.5 Å². The maximum Gasteiger partial charge on any atom is 0.326 e. The Balaban J connectivity index is 2.11. The number of carboxylic acids is 1. The summed E-state index contributed by atoms with van der Waals surface area (Å²) >= 11 is 0.662. The normalized spacial score (nSPS) is 17.3. The number of carbonyl (C=O) groups excluding carboxylic acids is 4. The van der Waals surface area contributed by atoms with Crippen molar-refractivity contribution in [1.82, 2.24) is 4.90 Å². The van der Waals surface area contributed by atoms with Crippen LogP contribution < -0.4 is 10.4 Å². The number of hydrogen-bond donors (Lipinski definition) is 1. The molecule has 0 radical (unpaired) electrons. The first kappa shape index (κ1) is 16.8. The summed E-state index contributed by atoms with van der Waals surface area (Å²) in [4.78, 5) is 47.2. The Hall–Kier alpha value is -2.55. The molecule has 8 nitrogen and oxygen atoms in total. The summed E-state index contributed by atoms with van der Waals surface area (Å²) < 4.78 is 4.70. The summed E-state index contributed by atoms with van der Waals surface area (Å²) in [5, 5.41) is 12.1. The number of carboxylic acid groups (broad SMARTS) is 1. The van der Waals surface area contributed by atoms with Crippen LogP contribution in [0.15, 0.2) is 24.3 Å². The summed E-state index contributed by atoms with van der Waals surface area (Å²) in [5.74, 6) is -2.73. The van der Waals surface area contributed by atoms with Gasteiger partial charge in [-0.3, -0.25) is 19.3 Å². The molecule has 1 atom stereocenters. The van der Waals surface area contributed by atoms with Crippen molar-refractivity contribution in [2.75, 3.05) is 18.5 Å². The number of nitrogens with one attached hydrogen (secondary N) is 1. The molecule has 1 aromatic carbocycles. The van der Waals surface area contributed by atoms with Crippen LogP contribution in [0.1, 0.15) is 17.3 Å². The van der Waals surface area contributed by atoms with Crippen molar-refractivity contribution < 1.29 is 29.0 Å². The van der Waals surface area contributed by atoms with Crippen molar-refractivity contribution in [3.8, 4) is 0 Å². The van der Waals surface area contributed by atoms with Gasteiger partial charge in [-0.05, 0) is 24.8 Å². The van der Waals surface area contributed by atoms with Crippen LogP contribution in [0.25, 0.3) is 0 Å². The molecule has 1 heterocycles. The fourth-order valence-electron chi connectivity index (χ4n) is 1.94. The Bertz CT molecular complexity index is 662. The lowest BCUT2D eigenvalue weighted by atomic mass is 10.2. The number of rotatable bonds is 6. The minimum absolute atomic E-state index is 0.128. The van der Waals surface area contributed by atoms with Crippen molar-refractivity contribution in [2.24, 2.45) is 0 Å². The number of hydrogen-bond acceptors (Lipinski definition) is 8. The van der Waals surface area contributed by atoms with Crippen LogP contribution in [0, 0.1) is 0 Å². The van der Waals surface area contributed by atoms with Crippen molar-refractivity contribution in [3.05, 3.63) is 29.8 Å². The number of imide groups is 1. The summed E-state index contributed by atoms with van der Waals surface area (Å²) in [6, 6.07) is 5.87. The first-order chi connectivity index (χ1) is 10.9. The van der Waals surface area contributed by atoms with Gasteiger partial charge in [0, 0.05) is 11.3 Å². The molecule has 1 saturated heterocycles. The molecule has 0 aliphatic carbocycles. The summed E-state index contributed by atoms with van der Waals surface area (Å²) in [6.07, 6.45) is 0. The lowest BCUT2D eigenvalue weighted by Gasteiger charge is -2.16. The molecule has 1 aromatic rings. The number of nitrogens with zero attached hydrogens (tertiary/aromatic N) is 1. The molecule has 0 bridgehead atoms. The standard InChI is InChI=1S/C14H14N2O6S/c1-2-22-10(17)7-16-12(18)11(23-14(16)21)15-9-6-4-3-5-8(9)13(19)20/h3-6,11,15H,2,7H2,1H3,(H,19,20)/p-1/t11-/m1/s1. The average Bonchev–Trinajstić information content (AvgIpc) is 2.75. The van der Waals surface area contributed by atoms with Gasteiger partial charge in [0.1, 0.15) is 6.54 Å². The van der Waals surface area contributed by atoms with E-state index in [9.17, 15) is 24.3 Å². The molecule has 1 N–H and O–H groups in total. The number of ether oxygens (including phenoxy) is 1. The van der Waals surface area contributed by atoms with Gasteiger partial charge in [-0.1, -0.05) is 18.2 Å². The van der Waals surface area contributed by atoms with Crippen LogP contribution in [-0.2, 0) is 14.3 Å². The highest BCUT2D eigenvalue weighted by molar-refractivity contribution is 8.15. The quantitative estimate of drug-likeness (QED) is 0.724. The molecular weight excluding hydrogens is 324 g/mol. The third-order valence-electron chi connectivity index (χ3n) is 2.96. The topological polar surface area (TPSA) is 116 Å². The zero-order valence-electron chi connectivity index (χ0n) is 12.1. The van der Waals surface area contributed by atoms with E-state index in [1.807, 2.05) is 0 Å². The number of thioether (sulfide) groups is 1. The number of benzene rings is 1. The van der Waals surface area contributed by atoms with Gasteiger partial charge in [0.15, 0.2) is 5.37 Å². The predicted molar refractivity (Wildman–Crippen MR) is 79.5 cm³/mol. The highest BCUT2D eigenvalue weighted by Gasteiger charge is 2.41. The molecule has 9 heteroatoms. The largest absolute Gasteiger partial charge is 0.545 e. The Morgan fingerprint density at radius 1 is 1.35 bits per heavy atom. The molecule has 1 aliphatic heterocycles. The number of aromatic carboxylic acids is 1. The van der Waals surface area contributed by atoms with Crippen LogP contribution in [0.4, 0.5) is 10.5 Å². The molecule has 0 unspecified atom stereocenters. The predicted octanol–water partition coefficient (Wildman–Crippen LogP) is 0.0466. The molecule has 1 aliphatic rings. The molecule has 0 saturated carbocycles. The Morgan fingerprint density at radius 3 is 2.70 bits per heavy atom. The van der Waals surface area contributed by atoms with Gasteiger partial charge < -0.3 is 20.0 Å². The van der Waals surface area contributed by atoms with Crippen molar-refractivity contribution in [2.45, 2.75) is 12.3 Å². The van der Waals surface area contributed by atoms with E-state index in [0.29, 0.717) is 11.8 Å². The number of amides is 2. The fourth-order valence-corrected chi connectivity index (χ4v) is 2.84. The van der Waals surface area contributed by atoms with E-state index in [2.05, 4.69) is 5.32 Å². The molecule has 23 heavy (non-hydrogen) atoms. The summed E-state index contributed by atoms with van der Waals surface area (Å²) in [6.45, 7) is 1.28. The number of carbonyl (C=O) groups is 4. The Kier molecular flexibility index (Phi) is 5.22. The van der Waals surface area contributed by atoms with Gasteiger partial charge in [-0.15, -0.1) is 0 Å². The SMILES string of the molecule is CCOC(=O)CN1C(=O)S[C@@H](Nc2ccccc2C(=O)[O-])C1=O. The molecule has 0 spiro atoms. The highest BCUT2D eigenvalue weighted by Crippen LogP contribution is 2.29. The Labute approximate surface area is 135 Å². The maximum absolute atomic E-state index is 12.2. The first-order valence-corrected chi connectivity index (χ1v) is 7.56. The van der Waals surface area contributed by atoms with Crippen LogP contribution >= 0.6 is 11.8 Å². The van der Waals surface area contributed by atoms with Gasteiger partial charge in [0.05, 0.1) is 12.6 Å². The molecule has 1 fully saturated rings. The first-order valence-electron chi connectivity index (χ1n) is 6.68. The molecule has 122 valence electrons. The second-order valence-corrected chi connectivity index (χ2v) is 5.53. The van der Waals surface area contributed by atoms with Gasteiger partial charge in [-0.2, -0.15) is 0 Å². The second kappa shape index (κ2) is 7.14. The van der Waals surface area contributed by atoms with Crippen LogP contribution in [0.2, 0.25) is 0 Å². The third-order valence-corrected chi connectivity index (χ3v) is 3.93. The van der Waals surface area contributed by atoms with E-state index in [0.717, 1.165) is 4.90 Å². The lowest BCUT2D eigenvalue weighted by molar-refractivity contribution is -0.254. The van der Waals surface area contributed by atoms with Crippen LogP contribution in [0.5, 0.6) is 0 Å². The third kappa shape index (κ3) is 3.81. The highest BCUT2D eigenvalue weighted by atomic mass is 32.2. The van der Waals surface area contributed by atoms with E-state index in [4.69, 9.17) is 4.74 Å². The zero-order chi connectivity index (χ0) is 17.0. The smallest absolute Gasteiger partial charge is 0.326 e. The monoisotopic (exact) mass is 337 g/mol. The second-order valence-electron chi connectivity index (χ2n) is 4.47. The van der Waals surface area contributed by atoms with Crippen LogP contribution in [-0.4, -0.2) is 46.5 Å². The number of para-hydroxylation sites is 1. The van der Waals surface area contributed by atoms with Crippen molar-refractivity contribution in [3.63, 3.8) is 0 Å². The maximum atomic E-state index is 12.2. The van der Waals surface area contributed by atoms with E-state index in [1.54, 1.807) is 13.0 Å². The lowest BCUT2D eigenvalue weighted by Crippen LogP contribution is -2.38. The zero-order valence-corrected chi connectivity index (χ0v) is 12.9. The van der Waals surface area contributed by atoms with E-state index in [1.165, 1.54) is 18.2 Å². The fraction of sp³-hybridized carbons (Fsp3) is 0.286. The minimum atomic E-state index is -1.40. The van der Waals surface area contributed by atoms with Gasteiger partial charge in [-0.25, -0.2) is 0 Å². The molecule has 2 amide bonds. The van der Waals surface area contributed by atoms with Gasteiger partial charge in [0.2, 0.25) is 0 Å². The van der Waals surface area contributed by atoms with E-state index >= 15 is 0 Å². The molecule has 0 aromatic heterocycles. The van der Waals surface area contributed by atoms with E-state index < -0.39 is 35.0 Å². The van der Waals surface area contributed by atoms with Gasteiger partial charge >= 0.3 is 5.97 Å². The average molecular weight is 337 g/mol. The molecule has 2 rings (SSSR count). The van der Waals surface area contributed by atoms with Crippen molar-refractivity contribution in [1.29, 1.82) is 0 Å². The van der Waals surface area contributed by atoms with Gasteiger partial charge in [0.25, 0.3) is 11.1 Å². The Morgan fingerprint density at radius 2 is 2.04 bits per heavy atom. The van der Waals surface area contributed by atoms with Crippen LogP contribution in [0.3, 0.4) is 0 Å². The number of anilines is 1. The minimum Gasteiger partial charge on any atom is -0.545 e. The summed E-state index contributed by atoms with van der Waals surface area (Å²) in [5.41, 5.74) is 0.0290. The summed E-state index contributed by atoms with van der Waals surface area (Å²) in [7, 11) is 0. The number of esters is 1.